The molecular weight excluding hydrogens is 338 g/mol. The molecule has 0 unspecified atom stereocenters. The second-order valence-electron chi connectivity index (χ2n) is 8.31. The Morgan fingerprint density at radius 1 is 1.35 bits per heavy atom. The Kier molecular flexibility index (Phi) is 5.63. The van der Waals surface area contributed by atoms with Crippen LogP contribution in [0.5, 0.6) is 0 Å². The molecule has 2 rings (SSSR count). The third-order valence-electron chi connectivity index (χ3n) is 4.96. The lowest BCUT2D eigenvalue weighted by molar-refractivity contribution is -0.157. The first-order chi connectivity index (χ1) is 12.0. The van der Waals surface area contributed by atoms with Crippen molar-refractivity contribution in [1.82, 2.24) is 15.5 Å². The van der Waals surface area contributed by atoms with Crippen molar-refractivity contribution in [3.63, 3.8) is 0 Å². The Labute approximate surface area is 154 Å². The van der Waals surface area contributed by atoms with Gasteiger partial charge in [0.15, 0.2) is 6.10 Å². The van der Waals surface area contributed by atoms with Crippen LogP contribution in [0, 0.1) is 5.92 Å². The van der Waals surface area contributed by atoms with Crippen LogP contribution in [0.3, 0.4) is 0 Å². The summed E-state index contributed by atoms with van der Waals surface area (Å²) in [5, 5.41) is 5.49. The van der Waals surface area contributed by atoms with Crippen LogP contribution in [-0.2, 0) is 19.1 Å². The molecule has 2 N–H and O–H groups in total. The zero-order valence-corrected chi connectivity index (χ0v) is 16.2. The Hall–Kier alpha value is -2.12. The summed E-state index contributed by atoms with van der Waals surface area (Å²) in [6, 6.07) is -0.576. The number of carbonyl (C=O) groups is 4. The molecule has 8 heteroatoms. The number of hydrogen-bond donors (Lipinski definition) is 2. The molecule has 0 aromatic rings. The van der Waals surface area contributed by atoms with E-state index < -0.39 is 41.6 Å². The minimum absolute atomic E-state index is 0.0187. The molecule has 0 bridgehead atoms. The van der Waals surface area contributed by atoms with Crippen LogP contribution in [0.15, 0.2) is 0 Å². The molecule has 1 aliphatic heterocycles. The summed E-state index contributed by atoms with van der Waals surface area (Å²) in [7, 11) is 0. The van der Waals surface area contributed by atoms with E-state index in [-0.39, 0.29) is 11.8 Å². The van der Waals surface area contributed by atoms with Gasteiger partial charge in [-0.3, -0.25) is 19.3 Å². The van der Waals surface area contributed by atoms with Crippen molar-refractivity contribution < 1.29 is 23.9 Å². The molecule has 1 saturated heterocycles. The van der Waals surface area contributed by atoms with E-state index in [2.05, 4.69) is 10.6 Å². The number of nitrogens with one attached hydrogen (secondary N) is 2. The van der Waals surface area contributed by atoms with E-state index in [1.807, 2.05) is 27.7 Å². The average Bonchev–Trinajstić information content (AvgIpc) is 2.74. The van der Waals surface area contributed by atoms with Crippen LogP contribution in [0.4, 0.5) is 4.79 Å². The molecule has 146 valence electrons. The van der Waals surface area contributed by atoms with Gasteiger partial charge in [0.1, 0.15) is 12.1 Å². The van der Waals surface area contributed by atoms with E-state index in [0.717, 1.165) is 24.2 Å². The maximum Gasteiger partial charge on any atom is 0.327 e. The highest BCUT2D eigenvalue weighted by Crippen LogP contribution is 2.38. The van der Waals surface area contributed by atoms with Gasteiger partial charge >= 0.3 is 12.0 Å². The largest absolute Gasteiger partial charge is 0.451 e. The van der Waals surface area contributed by atoms with Gasteiger partial charge in [0.2, 0.25) is 0 Å². The monoisotopic (exact) mass is 367 g/mol. The van der Waals surface area contributed by atoms with Gasteiger partial charge < -0.3 is 15.4 Å². The van der Waals surface area contributed by atoms with Crippen molar-refractivity contribution in [3.05, 3.63) is 0 Å². The SMILES string of the molecule is C[C@H](OC(=O)CN1C(=O)N[C@@]2(CCCC[C@@H]2C)C1=O)C(=O)NC(C)(C)C. The molecule has 2 aliphatic rings. The number of nitrogens with zero attached hydrogens (tertiary/aromatic N) is 1. The van der Waals surface area contributed by atoms with Crippen molar-refractivity contribution in [1.29, 1.82) is 0 Å². The van der Waals surface area contributed by atoms with Gasteiger partial charge in [-0.15, -0.1) is 0 Å². The van der Waals surface area contributed by atoms with Gasteiger partial charge in [0, 0.05) is 5.54 Å². The molecule has 0 aromatic carbocycles. The molecule has 1 aliphatic carbocycles. The van der Waals surface area contributed by atoms with E-state index in [9.17, 15) is 19.2 Å². The summed E-state index contributed by atoms with van der Waals surface area (Å²) in [6.45, 7) is 8.35. The number of rotatable bonds is 4. The van der Waals surface area contributed by atoms with Crippen LogP contribution in [0.25, 0.3) is 0 Å². The van der Waals surface area contributed by atoms with Crippen LogP contribution in [0.1, 0.15) is 60.3 Å². The van der Waals surface area contributed by atoms with Crippen molar-refractivity contribution in [2.24, 2.45) is 5.92 Å². The highest BCUT2D eigenvalue weighted by molar-refractivity contribution is 6.09. The number of ether oxygens (including phenoxy) is 1. The summed E-state index contributed by atoms with van der Waals surface area (Å²) in [5.41, 5.74) is -1.36. The predicted octanol–water partition coefficient (Wildman–Crippen LogP) is 1.33. The summed E-state index contributed by atoms with van der Waals surface area (Å²) >= 11 is 0. The summed E-state index contributed by atoms with van der Waals surface area (Å²) in [4.78, 5) is 50.1. The highest BCUT2D eigenvalue weighted by atomic mass is 16.5. The van der Waals surface area contributed by atoms with Crippen molar-refractivity contribution in [2.45, 2.75) is 77.5 Å². The average molecular weight is 367 g/mol. The number of urea groups is 1. The fourth-order valence-corrected chi connectivity index (χ4v) is 3.53. The first-order valence-electron chi connectivity index (χ1n) is 9.12. The minimum atomic E-state index is -1.01. The Morgan fingerprint density at radius 2 is 2.00 bits per heavy atom. The lowest BCUT2D eigenvalue weighted by Gasteiger charge is -2.36. The quantitative estimate of drug-likeness (QED) is 0.576. The highest BCUT2D eigenvalue weighted by Gasteiger charge is 2.55. The molecular formula is C18H29N3O5. The molecule has 3 atom stereocenters. The lowest BCUT2D eigenvalue weighted by atomic mass is 9.73. The van der Waals surface area contributed by atoms with Gasteiger partial charge in [-0.1, -0.05) is 19.8 Å². The van der Waals surface area contributed by atoms with Gasteiger partial charge in [-0.25, -0.2) is 4.79 Å². The van der Waals surface area contributed by atoms with E-state index in [1.165, 1.54) is 6.92 Å². The second-order valence-corrected chi connectivity index (χ2v) is 8.31. The maximum absolute atomic E-state index is 12.8. The van der Waals surface area contributed by atoms with Crippen LogP contribution >= 0.6 is 0 Å². The number of hydrogen-bond acceptors (Lipinski definition) is 5. The van der Waals surface area contributed by atoms with Gasteiger partial charge in [0.25, 0.3) is 11.8 Å². The third kappa shape index (κ3) is 4.16. The second kappa shape index (κ2) is 7.25. The molecule has 26 heavy (non-hydrogen) atoms. The fourth-order valence-electron chi connectivity index (χ4n) is 3.53. The normalized spacial score (nSPS) is 27.3. The Morgan fingerprint density at radius 3 is 2.58 bits per heavy atom. The minimum Gasteiger partial charge on any atom is -0.451 e. The van der Waals surface area contributed by atoms with E-state index in [1.54, 1.807) is 0 Å². The van der Waals surface area contributed by atoms with Crippen molar-refractivity contribution in [3.8, 4) is 0 Å². The molecule has 1 saturated carbocycles. The lowest BCUT2D eigenvalue weighted by Crippen LogP contribution is -2.54. The topological polar surface area (TPSA) is 105 Å². The smallest absolute Gasteiger partial charge is 0.327 e. The maximum atomic E-state index is 12.8. The summed E-state index contributed by atoms with van der Waals surface area (Å²) in [6.07, 6.45) is 2.31. The molecule has 1 heterocycles. The third-order valence-corrected chi connectivity index (χ3v) is 4.96. The zero-order chi connectivity index (χ0) is 19.7. The van der Waals surface area contributed by atoms with Crippen LogP contribution in [0.2, 0.25) is 0 Å². The number of amides is 4. The van der Waals surface area contributed by atoms with Crippen molar-refractivity contribution in [2.75, 3.05) is 6.54 Å². The first-order valence-corrected chi connectivity index (χ1v) is 9.12. The zero-order valence-electron chi connectivity index (χ0n) is 16.2. The van der Waals surface area contributed by atoms with Gasteiger partial charge in [-0.05, 0) is 46.5 Å². The van der Waals surface area contributed by atoms with E-state index in [4.69, 9.17) is 4.74 Å². The molecule has 2 fully saturated rings. The van der Waals surface area contributed by atoms with Crippen LogP contribution in [-0.4, -0.2) is 52.4 Å². The number of carbonyl (C=O) groups excluding carboxylic acids is 4. The molecule has 4 amide bonds. The summed E-state index contributed by atoms with van der Waals surface area (Å²) in [5.74, 6) is -1.57. The predicted molar refractivity (Wildman–Crippen MR) is 94.1 cm³/mol. The molecule has 0 radical (unpaired) electrons. The van der Waals surface area contributed by atoms with Crippen LogP contribution < -0.4 is 10.6 Å². The Balaban J connectivity index is 1.97. The molecule has 8 nitrogen and oxygen atoms in total. The standard InChI is InChI=1S/C18H29N3O5/c1-11-8-6-7-9-18(11)15(24)21(16(25)20-18)10-13(22)26-12(2)14(23)19-17(3,4)5/h11-12H,6-10H2,1-5H3,(H,19,23)(H,20,25)/t11-,12-,18+/m0/s1. The molecule has 1 spiro atoms. The van der Waals surface area contributed by atoms with E-state index >= 15 is 0 Å². The number of imide groups is 1. The van der Waals surface area contributed by atoms with Crippen molar-refractivity contribution >= 4 is 23.8 Å². The number of esters is 1. The first kappa shape index (κ1) is 20.2. The summed E-state index contributed by atoms with van der Waals surface area (Å²) < 4.78 is 5.09. The van der Waals surface area contributed by atoms with E-state index in [0.29, 0.717) is 6.42 Å². The van der Waals surface area contributed by atoms with Gasteiger partial charge in [-0.2, -0.15) is 0 Å². The molecule has 0 aromatic heterocycles. The fraction of sp³-hybridized carbons (Fsp3) is 0.778. The Bertz CT molecular complexity index is 612. The van der Waals surface area contributed by atoms with Gasteiger partial charge in [0.05, 0.1) is 0 Å².